The summed E-state index contributed by atoms with van der Waals surface area (Å²) in [6.45, 7) is 7.59. The molecule has 0 aromatic rings. The minimum absolute atomic E-state index is 0.370. The zero-order chi connectivity index (χ0) is 15.5. The zero-order valence-electron chi connectivity index (χ0n) is 14.9. The molecule has 0 radical (unpaired) electrons. The molecule has 4 atom stereocenters. The maximum Gasteiger partial charge on any atom is 0.0959 e. The predicted molar refractivity (Wildman–Crippen MR) is 91.4 cm³/mol. The molecule has 4 rings (SSSR count). The van der Waals surface area contributed by atoms with Gasteiger partial charge < -0.3 is 4.74 Å². The van der Waals surface area contributed by atoms with E-state index in [0.29, 0.717) is 10.8 Å². The van der Waals surface area contributed by atoms with Gasteiger partial charge in [-0.05, 0) is 73.2 Å². The molecule has 0 N–H and O–H groups in total. The first kappa shape index (κ1) is 14.8. The smallest absolute Gasteiger partial charge is 0.0959 e. The van der Waals surface area contributed by atoms with E-state index in [0.717, 1.165) is 30.6 Å². The first-order valence-corrected chi connectivity index (χ1v) is 9.40. The van der Waals surface area contributed by atoms with Gasteiger partial charge in [0, 0.05) is 6.42 Å². The number of hydrogen-bond acceptors (Lipinski definition) is 1. The molecule has 4 aliphatic rings. The van der Waals surface area contributed by atoms with Crippen molar-refractivity contribution in [2.24, 2.45) is 28.6 Å². The molecule has 0 amide bonds. The summed E-state index contributed by atoms with van der Waals surface area (Å²) in [4.78, 5) is 0. The van der Waals surface area contributed by atoms with Crippen LogP contribution in [-0.2, 0) is 4.74 Å². The highest BCUT2D eigenvalue weighted by Crippen LogP contribution is 2.63. The molecule has 4 aliphatic carbocycles. The van der Waals surface area contributed by atoms with Gasteiger partial charge in [-0.15, -0.1) is 0 Å². The second-order valence-electron chi connectivity index (χ2n) is 9.31. The third-order valence-corrected chi connectivity index (χ3v) is 7.78. The summed E-state index contributed by atoms with van der Waals surface area (Å²) in [5.41, 5.74) is 4.58. The van der Waals surface area contributed by atoms with Crippen molar-refractivity contribution in [3.8, 4) is 0 Å². The molecule has 1 heteroatoms. The third-order valence-electron chi connectivity index (χ3n) is 7.78. The standard InChI is InChI=1S/C21H32O/c1-20(2)13-17-15(9-11-21(3)10-5-6-18(17)21)16-8-7-14(22-4)12-19(16)20/h7,15,17-18H,5-6,8-13H2,1-4H3/t15-,17-,18+,21+/m1/s1. The Labute approximate surface area is 136 Å². The minimum atomic E-state index is 0.370. The molecule has 0 heterocycles. The normalized spacial score (nSPS) is 43.1. The first-order valence-electron chi connectivity index (χ1n) is 9.40. The lowest BCUT2D eigenvalue weighted by Crippen LogP contribution is -2.45. The maximum absolute atomic E-state index is 5.58. The largest absolute Gasteiger partial charge is 0.501 e. The summed E-state index contributed by atoms with van der Waals surface area (Å²) >= 11 is 0. The number of hydrogen-bond donors (Lipinski definition) is 0. The summed E-state index contributed by atoms with van der Waals surface area (Å²) in [7, 11) is 1.83. The van der Waals surface area contributed by atoms with Gasteiger partial charge in [0.1, 0.15) is 0 Å². The van der Waals surface area contributed by atoms with Gasteiger partial charge in [0.2, 0.25) is 0 Å². The van der Waals surface area contributed by atoms with Crippen LogP contribution in [0.1, 0.15) is 72.1 Å². The number of methoxy groups -OCH3 is 1. The number of rotatable bonds is 1. The highest BCUT2D eigenvalue weighted by molar-refractivity contribution is 5.36. The van der Waals surface area contributed by atoms with Crippen molar-refractivity contribution in [3.05, 3.63) is 23.0 Å². The first-order chi connectivity index (χ1) is 10.4. The summed E-state index contributed by atoms with van der Waals surface area (Å²) < 4.78 is 5.58. The monoisotopic (exact) mass is 300 g/mol. The van der Waals surface area contributed by atoms with Crippen molar-refractivity contribution in [1.29, 1.82) is 0 Å². The fourth-order valence-corrected chi connectivity index (χ4v) is 6.62. The van der Waals surface area contributed by atoms with Crippen LogP contribution in [0.4, 0.5) is 0 Å². The van der Waals surface area contributed by atoms with Gasteiger partial charge in [-0.25, -0.2) is 0 Å². The molecule has 0 unspecified atom stereocenters. The van der Waals surface area contributed by atoms with Crippen molar-refractivity contribution in [1.82, 2.24) is 0 Å². The molecular formula is C21H32O. The Hall–Kier alpha value is -0.720. The van der Waals surface area contributed by atoms with Gasteiger partial charge >= 0.3 is 0 Å². The molecular weight excluding hydrogens is 268 g/mol. The van der Waals surface area contributed by atoms with E-state index < -0.39 is 0 Å². The molecule has 122 valence electrons. The van der Waals surface area contributed by atoms with Crippen LogP contribution in [0.2, 0.25) is 0 Å². The molecule has 0 saturated heterocycles. The van der Waals surface area contributed by atoms with Gasteiger partial charge in [-0.1, -0.05) is 38.3 Å². The molecule has 2 fully saturated rings. The summed E-state index contributed by atoms with van der Waals surface area (Å²) in [5, 5.41) is 0. The zero-order valence-corrected chi connectivity index (χ0v) is 14.9. The van der Waals surface area contributed by atoms with Crippen LogP contribution in [0.5, 0.6) is 0 Å². The van der Waals surface area contributed by atoms with E-state index in [2.05, 4.69) is 26.8 Å². The SMILES string of the molecule is COC1=CCC2=C(C1)C(C)(C)C[C@@H]1[C@@H]2CC[C@]2(C)CCC[C@@H]12. The van der Waals surface area contributed by atoms with Crippen LogP contribution < -0.4 is 0 Å². The number of allylic oxidation sites excluding steroid dienone is 3. The summed E-state index contributed by atoms with van der Waals surface area (Å²) in [6.07, 6.45) is 13.4. The van der Waals surface area contributed by atoms with Gasteiger partial charge in [-0.3, -0.25) is 0 Å². The van der Waals surface area contributed by atoms with Crippen LogP contribution in [0, 0.1) is 28.6 Å². The average molecular weight is 300 g/mol. The molecule has 0 bridgehead atoms. The fraction of sp³-hybridized carbons (Fsp3) is 0.810. The Morgan fingerprint density at radius 1 is 1.14 bits per heavy atom. The average Bonchev–Trinajstić information content (AvgIpc) is 2.89. The fourth-order valence-electron chi connectivity index (χ4n) is 6.62. The lowest BCUT2D eigenvalue weighted by molar-refractivity contribution is 0.0193. The van der Waals surface area contributed by atoms with Crippen LogP contribution in [0.25, 0.3) is 0 Å². The van der Waals surface area contributed by atoms with E-state index in [1.165, 1.54) is 44.3 Å². The van der Waals surface area contributed by atoms with Crippen molar-refractivity contribution in [2.75, 3.05) is 7.11 Å². The van der Waals surface area contributed by atoms with E-state index in [1.807, 2.05) is 12.7 Å². The lowest BCUT2D eigenvalue weighted by atomic mass is 9.51. The van der Waals surface area contributed by atoms with Crippen molar-refractivity contribution < 1.29 is 4.74 Å². The number of fused-ring (bicyclic) bond motifs is 4. The van der Waals surface area contributed by atoms with Crippen LogP contribution in [0.3, 0.4) is 0 Å². The molecule has 0 aromatic heterocycles. The van der Waals surface area contributed by atoms with E-state index in [9.17, 15) is 0 Å². The molecule has 0 aromatic carbocycles. The Bertz CT molecular complexity index is 538. The Morgan fingerprint density at radius 3 is 2.73 bits per heavy atom. The molecule has 0 spiro atoms. The van der Waals surface area contributed by atoms with Gasteiger partial charge in [0.15, 0.2) is 0 Å². The van der Waals surface area contributed by atoms with E-state index in [1.54, 1.807) is 5.57 Å². The quantitative estimate of drug-likeness (QED) is 0.550. The van der Waals surface area contributed by atoms with E-state index >= 15 is 0 Å². The lowest BCUT2D eigenvalue weighted by Gasteiger charge is -2.54. The highest BCUT2D eigenvalue weighted by Gasteiger charge is 2.53. The van der Waals surface area contributed by atoms with Gasteiger partial charge in [-0.2, -0.15) is 0 Å². The van der Waals surface area contributed by atoms with E-state index in [-0.39, 0.29) is 0 Å². The highest BCUT2D eigenvalue weighted by atomic mass is 16.5. The number of ether oxygens (including phenoxy) is 1. The summed E-state index contributed by atoms with van der Waals surface area (Å²) in [6, 6.07) is 0. The van der Waals surface area contributed by atoms with Crippen LogP contribution in [0.15, 0.2) is 23.0 Å². The molecule has 22 heavy (non-hydrogen) atoms. The van der Waals surface area contributed by atoms with Gasteiger partial charge in [0.25, 0.3) is 0 Å². The Morgan fingerprint density at radius 2 is 1.95 bits per heavy atom. The minimum Gasteiger partial charge on any atom is -0.501 e. The van der Waals surface area contributed by atoms with Crippen LogP contribution in [-0.4, -0.2) is 7.11 Å². The van der Waals surface area contributed by atoms with Crippen LogP contribution >= 0.6 is 0 Å². The molecule has 2 saturated carbocycles. The van der Waals surface area contributed by atoms with Gasteiger partial charge in [0.05, 0.1) is 12.9 Å². The van der Waals surface area contributed by atoms with Crippen molar-refractivity contribution >= 4 is 0 Å². The summed E-state index contributed by atoms with van der Waals surface area (Å²) in [5.74, 6) is 4.03. The molecule has 0 aliphatic heterocycles. The maximum atomic E-state index is 5.58. The Kier molecular flexibility index (Phi) is 3.30. The second-order valence-corrected chi connectivity index (χ2v) is 9.31. The van der Waals surface area contributed by atoms with E-state index in [4.69, 9.17) is 4.74 Å². The third kappa shape index (κ3) is 2.03. The molecule has 1 nitrogen and oxygen atoms in total. The Balaban J connectivity index is 1.71. The van der Waals surface area contributed by atoms with Crippen molar-refractivity contribution in [2.45, 2.75) is 72.1 Å². The topological polar surface area (TPSA) is 9.23 Å². The predicted octanol–water partition coefficient (Wildman–Crippen LogP) is 5.87. The second kappa shape index (κ2) is 4.89. The van der Waals surface area contributed by atoms with Crippen molar-refractivity contribution in [3.63, 3.8) is 0 Å².